The maximum atomic E-state index is 10.1. The van der Waals surface area contributed by atoms with Gasteiger partial charge in [-0.2, -0.15) is 0 Å². The topological polar surface area (TPSA) is 45.6 Å². The zero-order valence-corrected chi connectivity index (χ0v) is 17.2. The molecule has 6 rings (SSSR count). The summed E-state index contributed by atoms with van der Waals surface area (Å²) in [5, 5.41) is 11.1. The van der Waals surface area contributed by atoms with E-state index in [0.717, 1.165) is 36.0 Å². The van der Waals surface area contributed by atoms with E-state index in [2.05, 4.69) is 40.7 Å². The van der Waals surface area contributed by atoms with Gasteiger partial charge in [0.15, 0.2) is 0 Å². The molecule has 3 aliphatic rings. The van der Waals surface area contributed by atoms with E-state index in [1.807, 2.05) is 36.5 Å². The van der Waals surface area contributed by atoms with Gasteiger partial charge < -0.3 is 9.84 Å². The molecule has 5 atom stereocenters. The molecular weight excluding hydrogens is 372 g/mol. The molecule has 1 aromatic heterocycles. The lowest BCUT2D eigenvalue weighted by Gasteiger charge is -2.51. The van der Waals surface area contributed by atoms with Crippen molar-refractivity contribution in [3.05, 3.63) is 84.6 Å². The van der Waals surface area contributed by atoms with Gasteiger partial charge in [0, 0.05) is 24.2 Å². The molecule has 2 bridgehead atoms. The van der Waals surface area contributed by atoms with Gasteiger partial charge in [-0.3, -0.25) is 9.88 Å². The Morgan fingerprint density at radius 2 is 2.07 bits per heavy atom. The number of phenols is 1. The number of hydrogen-bond donors (Lipinski definition) is 1. The minimum Gasteiger partial charge on any atom is -0.508 e. The van der Waals surface area contributed by atoms with Crippen LogP contribution < -0.4 is 0 Å². The van der Waals surface area contributed by atoms with E-state index in [-0.39, 0.29) is 11.9 Å². The maximum Gasteiger partial charge on any atom is 0.116 e. The van der Waals surface area contributed by atoms with Gasteiger partial charge in [-0.15, -0.1) is 6.58 Å². The molecule has 0 spiro atoms. The molecule has 2 aromatic carbocycles. The fourth-order valence-corrected chi connectivity index (χ4v) is 5.26. The van der Waals surface area contributed by atoms with Gasteiger partial charge >= 0.3 is 0 Å². The van der Waals surface area contributed by atoms with Crippen molar-refractivity contribution in [2.75, 3.05) is 13.1 Å². The van der Waals surface area contributed by atoms with Crippen LogP contribution >= 0.6 is 0 Å². The van der Waals surface area contributed by atoms with Gasteiger partial charge in [0.05, 0.1) is 18.2 Å². The Kier molecular flexibility index (Phi) is 5.28. The van der Waals surface area contributed by atoms with Gasteiger partial charge in [0.2, 0.25) is 0 Å². The van der Waals surface area contributed by atoms with Crippen LogP contribution in [-0.2, 0) is 11.3 Å². The third kappa shape index (κ3) is 3.62. The average Bonchev–Trinajstić information content (AvgIpc) is 2.80. The summed E-state index contributed by atoms with van der Waals surface area (Å²) in [6.07, 6.45) is 6.25. The highest BCUT2D eigenvalue weighted by Crippen LogP contribution is 2.43. The molecule has 0 amide bonds. The first-order valence-corrected chi connectivity index (χ1v) is 10.8. The van der Waals surface area contributed by atoms with Gasteiger partial charge in [0.1, 0.15) is 5.75 Å². The second kappa shape index (κ2) is 8.21. The van der Waals surface area contributed by atoms with Crippen LogP contribution in [0.25, 0.3) is 10.9 Å². The highest BCUT2D eigenvalue weighted by Gasteiger charge is 2.43. The van der Waals surface area contributed by atoms with Crippen LogP contribution in [0.3, 0.4) is 0 Å². The quantitative estimate of drug-likeness (QED) is 0.585. The number of aromatic nitrogens is 1. The number of piperidine rings is 3. The van der Waals surface area contributed by atoms with E-state index in [9.17, 15) is 5.11 Å². The lowest BCUT2D eigenvalue weighted by atomic mass is 9.73. The number of pyridine rings is 1. The minimum atomic E-state index is -0.0777. The van der Waals surface area contributed by atoms with Crippen LogP contribution in [0.1, 0.15) is 30.1 Å². The summed E-state index contributed by atoms with van der Waals surface area (Å²) in [4.78, 5) is 7.09. The molecule has 0 aliphatic carbocycles. The Labute approximate surface area is 177 Å². The summed E-state index contributed by atoms with van der Waals surface area (Å²) in [5.74, 6) is 1.50. The summed E-state index contributed by atoms with van der Waals surface area (Å²) in [6, 6.07) is 18.1. The summed E-state index contributed by atoms with van der Waals surface area (Å²) in [7, 11) is 0. The van der Waals surface area contributed by atoms with Crippen molar-refractivity contribution in [2.24, 2.45) is 11.8 Å². The number of hydrogen-bond acceptors (Lipinski definition) is 4. The molecular formula is C26H28N2O2. The Morgan fingerprint density at radius 1 is 1.20 bits per heavy atom. The van der Waals surface area contributed by atoms with Gasteiger partial charge in [-0.05, 0) is 66.6 Å². The zero-order chi connectivity index (χ0) is 20.5. The largest absolute Gasteiger partial charge is 0.508 e. The highest BCUT2D eigenvalue weighted by molar-refractivity contribution is 5.83. The molecule has 3 aromatic rings. The SMILES string of the molecule is C=C[C@H]1CN2CC[C@H]1C[C@@H]2C(OCc1ccccc1)c1ccnc2ccc(O)cc12. The summed E-state index contributed by atoms with van der Waals surface area (Å²) in [6.45, 7) is 6.79. The Morgan fingerprint density at radius 3 is 2.83 bits per heavy atom. The summed E-state index contributed by atoms with van der Waals surface area (Å²) >= 11 is 0. The van der Waals surface area contributed by atoms with Crippen LogP contribution in [0.2, 0.25) is 0 Å². The minimum absolute atomic E-state index is 0.0777. The van der Waals surface area contributed by atoms with Crippen LogP contribution in [0.15, 0.2) is 73.4 Å². The van der Waals surface area contributed by atoms with E-state index in [4.69, 9.17) is 4.74 Å². The van der Waals surface area contributed by atoms with Crippen molar-refractivity contribution < 1.29 is 9.84 Å². The summed E-state index contributed by atoms with van der Waals surface area (Å²) < 4.78 is 6.65. The van der Waals surface area contributed by atoms with Crippen LogP contribution in [0.4, 0.5) is 0 Å². The molecule has 3 aliphatic heterocycles. The molecule has 0 radical (unpaired) electrons. The molecule has 4 nitrogen and oxygen atoms in total. The lowest BCUT2D eigenvalue weighted by molar-refractivity contribution is -0.0803. The number of ether oxygens (including phenoxy) is 1. The second-order valence-corrected chi connectivity index (χ2v) is 8.57. The van der Waals surface area contributed by atoms with E-state index in [1.165, 1.54) is 12.0 Å². The van der Waals surface area contributed by atoms with Crippen molar-refractivity contribution >= 4 is 10.9 Å². The first kappa shape index (κ1) is 19.3. The molecule has 3 fully saturated rings. The van der Waals surface area contributed by atoms with Gasteiger partial charge in [-0.25, -0.2) is 0 Å². The van der Waals surface area contributed by atoms with Crippen LogP contribution in [0.5, 0.6) is 5.75 Å². The van der Waals surface area contributed by atoms with Gasteiger partial charge in [-0.1, -0.05) is 36.4 Å². The fourth-order valence-electron chi connectivity index (χ4n) is 5.26. The van der Waals surface area contributed by atoms with Crippen LogP contribution in [0, 0.1) is 11.8 Å². The zero-order valence-electron chi connectivity index (χ0n) is 17.2. The van der Waals surface area contributed by atoms with E-state index in [1.54, 1.807) is 6.07 Å². The molecule has 0 saturated carbocycles. The van der Waals surface area contributed by atoms with E-state index < -0.39 is 0 Å². The Balaban J connectivity index is 1.52. The van der Waals surface area contributed by atoms with Gasteiger partial charge in [0.25, 0.3) is 0 Å². The molecule has 3 saturated heterocycles. The van der Waals surface area contributed by atoms with Crippen LogP contribution in [-0.4, -0.2) is 34.1 Å². The van der Waals surface area contributed by atoms with Crippen molar-refractivity contribution in [2.45, 2.75) is 31.6 Å². The maximum absolute atomic E-state index is 10.1. The summed E-state index contributed by atoms with van der Waals surface area (Å²) in [5.41, 5.74) is 3.17. The molecule has 30 heavy (non-hydrogen) atoms. The molecule has 2 unspecified atom stereocenters. The van der Waals surface area contributed by atoms with E-state index in [0.29, 0.717) is 24.5 Å². The highest BCUT2D eigenvalue weighted by atomic mass is 16.5. The standard InChI is InChI=1S/C26H28N2O2/c1-2-19-16-28-13-11-20(19)14-25(28)26(30-17-18-6-4-3-5-7-18)22-10-12-27-24-9-8-21(29)15-23(22)24/h2-10,12,15,19-20,25-26,29H,1,11,13-14,16-17H2/t19-,20-,25+,26?/m0/s1. The second-order valence-electron chi connectivity index (χ2n) is 8.57. The van der Waals surface area contributed by atoms with E-state index >= 15 is 0 Å². The number of nitrogens with zero attached hydrogens (tertiary/aromatic N) is 2. The first-order valence-electron chi connectivity index (χ1n) is 10.8. The predicted octanol–water partition coefficient (Wildman–Crippen LogP) is 5.09. The smallest absolute Gasteiger partial charge is 0.116 e. The number of benzene rings is 2. The predicted molar refractivity (Wildman–Crippen MR) is 119 cm³/mol. The Hall–Kier alpha value is -2.69. The van der Waals surface area contributed by atoms with Crippen molar-refractivity contribution in [1.82, 2.24) is 9.88 Å². The molecule has 4 heterocycles. The number of aromatic hydroxyl groups is 1. The normalized spacial score (nSPS) is 26.5. The fraction of sp³-hybridized carbons (Fsp3) is 0.346. The van der Waals surface area contributed by atoms with Crippen molar-refractivity contribution in [3.8, 4) is 5.75 Å². The third-order valence-corrected chi connectivity index (χ3v) is 6.84. The van der Waals surface area contributed by atoms with Crippen molar-refractivity contribution in [1.29, 1.82) is 0 Å². The Bertz CT molecular complexity index is 1040. The molecule has 4 heteroatoms. The molecule has 154 valence electrons. The number of phenolic OH excluding ortho intramolecular Hbond substituents is 1. The average molecular weight is 401 g/mol. The monoisotopic (exact) mass is 400 g/mol. The number of fused-ring (bicyclic) bond motifs is 4. The van der Waals surface area contributed by atoms with Crippen molar-refractivity contribution in [3.63, 3.8) is 0 Å². The first-order chi connectivity index (χ1) is 14.7. The molecule has 1 N–H and O–H groups in total. The lowest BCUT2D eigenvalue weighted by Crippen LogP contribution is -2.55. The number of rotatable bonds is 6. The third-order valence-electron chi connectivity index (χ3n) is 6.84.